The van der Waals surface area contributed by atoms with Crippen LogP contribution in [0.2, 0.25) is 0 Å². The molecule has 1 atom stereocenters. The molecule has 15 heavy (non-hydrogen) atoms. The Labute approximate surface area is 92.5 Å². The Hall–Kier alpha value is -0.750. The van der Waals surface area contributed by atoms with Crippen LogP contribution in [0.3, 0.4) is 0 Å². The van der Waals surface area contributed by atoms with Crippen LogP contribution in [0, 0.1) is 0 Å². The van der Waals surface area contributed by atoms with Gasteiger partial charge in [0.15, 0.2) is 0 Å². The predicted octanol–water partition coefficient (Wildman–Crippen LogP) is 0.286. The highest BCUT2D eigenvalue weighted by Crippen LogP contribution is 2.01. The monoisotopic (exact) mass is 230 g/mol. The molecule has 1 unspecified atom stereocenters. The molecular formula is C9H18N4OS. The summed E-state index contributed by atoms with van der Waals surface area (Å²) in [5, 5.41) is 4.09. The molecule has 0 spiro atoms. The number of hydrogen-bond donors (Lipinski definition) is 1. The SMILES string of the molecule is CCCn1ncnc1CS(=O)CCCN. The Kier molecular flexibility index (Phi) is 5.49. The Balaban J connectivity index is 2.48. The first-order valence-electron chi connectivity index (χ1n) is 5.19. The van der Waals surface area contributed by atoms with E-state index in [1.165, 1.54) is 6.33 Å². The van der Waals surface area contributed by atoms with Crippen molar-refractivity contribution < 1.29 is 4.21 Å². The number of nitrogens with two attached hydrogens (primary N) is 1. The molecule has 1 heterocycles. The average Bonchev–Trinajstić information content (AvgIpc) is 2.63. The van der Waals surface area contributed by atoms with Gasteiger partial charge in [-0.25, -0.2) is 9.67 Å². The minimum atomic E-state index is -0.866. The molecule has 0 radical (unpaired) electrons. The third-order valence-corrected chi connectivity index (χ3v) is 3.32. The van der Waals surface area contributed by atoms with Gasteiger partial charge >= 0.3 is 0 Å². The van der Waals surface area contributed by atoms with Crippen molar-refractivity contribution in [3.8, 4) is 0 Å². The molecule has 1 aromatic rings. The highest BCUT2D eigenvalue weighted by Gasteiger charge is 2.07. The normalized spacial score (nSPS) is 12.9. The van der Waals surface area contributed by atoms with E-state index in [1.807, 2.05) is 4.68 Å². The average molecular weight is 230 g/mol. The summed E-state index contributed by atoms with van der Waals surface area (Å²) < 4.78 is 13.4. The maximum absolute atomic E-state index is 11.6. The molecule has 2 N–H and O–H groups in total. The summed E-state index contributed by atoms with van der Waals surface area (Å²) in [6, 6.07) is 0. The van der Waals surface area contributed by atoms with Gasteiger partial charge in [0.1, 0.15) is 12.2 Å². The first-order chi connectivity index (χ1) is 7.27. The second-order valence-electron chi connectivity index (χ2n) is 3.33. The van der Waals surface area contributed by atoms with Gasteiger partial charge in [0.2, 0.25) is 0 Å². The fourth-order valence-electron chi connectivity index (χ4n) is 1.26. The van der Waals surface area contributed by atoms with Crippen LogP contribution in [0.4, 0.5) is 0 Å². The van der Waals surface area contributed by atoms with Gasteiger partial charge in [-0.05, 0) is 19.4 Å². The van der Waals surface area contributed by atoms with E-state index in [9.17, 15) is 4.21 Å². The molecule has 86 valence electrons. The summed E-state index contributed by atoms with van der Waals surface area (Å²) in [6.07, 6.45) is 3.32. The summed E-state index contributed by atoms with van der Waals surface area (Å²) >= 11 is 0. The third-order valence-electron chi connectivity index (χ3n) is 2.00. The van der Waals surface area contributed by atoms with Crippen LogP contribution in [0.1, 0.15) is 25.6 Å². The minimum absolute atomic E-state index is 0.486. The first kappa shape index (κ1) is 12.3. The van der Waals surface area contributed by atoms with Crippen molar-refractivity contribution in [1.82, 2.24) is 14.8 Å². The molecule has 0 aliphatic rings. The molecule has 5 nitrogen and oxygen atoms in total. The molecule has 0 saturated heterocycles. The number of hydrogen-bond acceptors (Lipinski definition) is 4. The van der Waals surface area contributed by atoms with E-state index in [4.69, 9.17) is 5.73 Å². The van der Waals surface area contributed by atoms with Crippen LogP contribution < -0.4 is 5.73 Å². The van der Waals surface area contributed by atoms with Gasteiger partial charge < -0.3 is 5.73 Å². The van der Waals surface area contributed by atoms with E-state index in [0.717, 1.165) is 25.2 Å². The predicted molar refractivity (Wildman–Crippen MR) is 60.7 cm³/mol. The van der Waals surface area contributed by atoms with Crippen molar-refractivity contribution in [2.45, 2.75) is 32.1 Å². The number of rotatable bonds is 7. The standard InChI is InChI=1S/C9H18N4OS/c1-2-5-13-9(11-8-12-13)7-15(14)6-3-4-10/h8H,2-7,10H2,1H3. The highest BCUT2D eigenvalue weighted by molar-refractivity contribution is 7.84. The van der Waals surface area contributed by atoms with Crippen molar-refractivity contribution in [1.29, 1.82) is 0 Å². The summed E-state index contributed by atoms with van der Waals surface area (Å²) in [4.78, 5) is 4.11. The van der Waals surface area contributed by atoms with Gasteiger partial charge in [0.25, 0.3) is 0 Å². The zero-order valence-electron chi connectivity index (χ0n) is 9.06. The van der Waals surface area contributed by atoms with Crippen LogP contribution in [0.5, 0.6) is 0 Å². The first-order valence-corrected chi connectivity index (χ1v) is 6.68. The Morgan fingerprint density at radius 1 is 1.60 bits per heavy atom. The maximum atomic E-state index is 11.6. The Morgan fingerprint density at radius 2 is 2.40 bits per heavy atom. The third kappa shape index (κ3) is 4.09. The quantitative estimate of drug-likeness (QED) is 0.730. The lowest BCUT2D eigenvalue weighted by molar-refractivity contribution is 0.579. The number of aryl methyl sites for hydroxylation is 1. The van der Waals surface area contributed by atoms with Gasteiger partial charge in [-0.15, -0.1) is 0 Å². The minimum Gasteiger partial charge on any atom is -0.330 e. The molecule has 0 saturated carbocycles. The fourth-order valence-corrected chi connectivity index (χ4v) is 2.40. The molecule has 1 aromatic heterocycles. The number of aromatic nitrogens is 3. The van der Waals surface area contributed by atoms with Crippen molar-refractivity contribution in [2.75, 3.05) is 12.3 Å². The van der Waals surface area contributed by atoms with Gasteiger partial charge in [0.05, 0.1) is 5.75 Å². The van der Waals surface area contributed by atoms with E-state index < -0.39 is 10.8 Å². The summed E-state index contributed by atoms with van der Waals surface area (Å²) in [7, 11) is -0.866. The zero-order valence-corrected chi connectivity index (χ0v) is 9.87. The summed E-state index contributed by atoms with van der Waals surface area (Å²) in [5.74, 6) is 1.95. The van der Waals surface area contributed by atoms with Gasteiger partial charge in [-0.3, -0.25) is 4.21 Å². The Morgan fingerprint density at radius 3 is 3.07 bits per heavy atom. The molecule has 0 aliphatic heterocycles. The topological polar surface area (TPSA) is 73.8 Å². The molecule has 0 aliphatic carbocycles. The maximum Gasteiger partial charge on any atom is 0.139 e. The van der Waals surface area contributed by atoms with Gasteiger partial charge in [0, 0.05) is 23.1 Å². The molecule has 0 bridgehead atoms. The van der Waals surface area contributed by atoms with Crippen LogP contribution in [-0.4, -0.2) is 31.3 Å². The van der Waals surface area contributed by atoms with Crippen molar-refractivity contribution in [2.24, 2.45) is 5.73 Å². The van der Waals surface area contributed by atoms with E-state index in [2.05, 4.69) is 17.0 Å². The smallest absolute Gasteiger partial charge is 0.139 e. The lowest BCUT2D eigenvalue weighted by Gasteiger charge is -2.03. The van der Waals surface area contributed by atoms with Crippen LogP contribution in [0.25, 0.3) is 0 Å². The van der Waals surface area contributed by atoms with Crippen LogP contribution in [-0.2, 0) is 23.1 Å². The van der Waals surface area contributed by atoms with Gasteiger partial charge in [-0.2, -0.15) is 5.10 Å². The second-order valence-corrected chi connectivity index (χ2v) is 4.91. The van der Waals surface area contributed by atoms with E-state index in [-0.39, 0.29) is 0 Å². The molecule has 0 aromatic carbocycles. The van der Waals surface area contributed by atoms with Crippen molar-refractivity contribution in [3.63, 3.8) is 0 Å². The Bertz CT molecular complexity index is 313. The molecule has 1 rings (SSSR count). The summed E-state index contributed by atoms with van der Waals surface area (Å²) in [6.45, 7) is 3.51. The number of nitrogens with zero attached hydrogens (tertiary/aromatic N) is 3. The molecule has 0 fully saturated rings. The lowest BCUT2D eigenvalue weighted by Crippen LogP contribution is -2.11. The molecule has 6 heteroatoms. The van der Waals surface area contributed by atoms with E-state index >= 15 is 0 Å². The molecular weight excluding hydrogens is 212 g/mol. The second kappa shape index (κ2) is 6.68. The van der Waals surface area contributed by atoms with Crippen LogP contribution in [0.15, 0.2) is 6.33 Å². The molecule has 0 amide bonds. The lowest BCUT2D eigenvalue weighted by atomic mass is 10.5. The highest BCUT2D eigenvalue weighted by atomic mass is 32.2. The van der Waals surface area contributed by atoms with Gasteiger partial charge in [-0.1, -0.05) is 6.92 Å². The summed E-state index contributed by atoms with van der Waals surface area (Å²) in [5.41, 5.74) is 5.36. The van der Waals surface area contributed by atoms with Crippen molar-refractivity contribution >= 4 is 10.8 Å². The largest absolute Gasteiger partial charge is 0.330 e. The van der Waals surface area contributed by atoms with Crippen molar-refractivity contribution in [3.05, 3.63) is 12.2 Å². The zero-order chi connectivity index (χ0) is 11.1. The fraction of sp³-hybridized carbons (Fsp3) is 0.778. The van der Waals surface area contributed by atoms with E-state index in [0.29, 0.717) is 18.1 Å². The van der Waals surface area contributed by atoms with E-state index in [1.54, 1.807) is 0 Å². The van der Waals surface area contributed by atoms with Crippen LogP contribution >= 0.6 is 0 Å².